The number of nitrogens with one attached hydrogen (secondary N) is 2. The first-order valence-electron chi connectivity index (χ1n) is 9.21. The predicted octanol–water partition coefficient (Wildman–Crippen LogP) is 1.87. The van der Waals surface area contributed by atoms with Gasteiger partial charge in [0.25, 0.3) is 0 Å². The molecule has 3 atom stereocenters. The maximum absolute atomic E-state index is 12.7. The van der Waals surface area contributed by atoms with E-state index in [4.69, 9.17) is 0 Å². The van der Waals surface area contributed by atoms with Gasteiger partial charge in [-0.05, 0) is 39.3 Å². The van der Waals surface area contributed by atoms with Crippen molar-refractivity contribution in [1.82, 2.24) is 15.5 Å². The van der Waals surface area contributed by atoms with Crippen LogP contribution in [0.15, 0.2) is 24.3 Å². The number of likely N-dealkylation sites (tertiary alicyclic amines) is 1. The third-order valence-electron chi connectivity index (χ3n) is 4.99. The fraction of sp³-hybridized carbons (Fsp3) is 0.579. The molecule has 0 unspecified atom stereocenters. The zero-order valence-electron chi connectivity index (χ0n) is 15.8. The van der Waals surface area contributed by atoms with Gasteiger partial charge in [0.2, 0.25) is 0 Å². The van der Waals surface area contributed by atoms with Crippen LogP contribution in [0, 0.1) is 0 Å². The molecule has 1 aromatic carbocycles. The van der Waals surface area contributed by atoms with Gasteiger partial charge in [-0.3, -0.25) is 4.90 Å². The second-order valence-corrected chi connectivity index (χ2v) is 7.63. The molecule has 0 spiro atoms. The maximum atomic E-state index is 12.7. The van der Waals surface area contributed by atoms with Crippen LogP contribution in [0.3, 0.4) is 0 Å². The van der Waals surface area contributed by atoms with E-state index >= 15 is 0 Å². The molecule has 0 aliphatic carbocycles. The van der Waals surface area contributed by atoms with Crippen molar-refractivity contribution in [2.45, 2.75) is 57.8 Å². The number of rotatable bonds is 3. The number of fused-ring (bicyclic) bond motifs is 3. The van der Waals surface area contributed by atoms with Gasteiger partial charge in [0.15, 0.2) is 0 Å². The lowest BCUT2D eigenvalue weighted by molar-refractivity contribution is -0.00755. The standard InChI is InChI=1S/C19H28N4O3/c1-11(2)20-18(25)22-9-15-17(13-7-5-6-8-14(13)22)16(10-24)23(15)19(26)21-12(3)4/h5-8,11-12,15-17,24H,9-10H2,1-4H3,(H,20,25)(H,21,26)/t15-,16+,17+/m0/s1. The number of para-hydroxylation sites is 1. The van der Waals surface area contributed by atoms with Crippen LogP contribution in [0.2, 0.25) is 0 Å². The van der Waals surface area contributed by atoms with E-state index in [0.717, 1.165) is 11.3 Å². The summed E-state index contributed by atoms with van der Waals surface area (Å²) < 4.78 is 0. The molecule has 0 radical (unpaired) electrons. The summed E-state index contributed by atoms with van der Waals surface area (Å²) in [6, 6.07) is 7.03. The topological polar surface area (TPSA) is 84.9 Å². The van der Waals surface area contributed by atoms with Crippen molar-refractivity contribution in [2.75, 3.05) is 18.1 Å². The minimum atomic E-state index is -0.268. The Kier molecular flexibility index (Phi) is 5.09. The fourth-order valence-electron chi connectivity index (χ4n) is 4.01. The van der Waals surface area contributed by atoms with Crippen LogP contribution in [-0.4, -0.2) is 59.4 Å². The fourth-order valence-corrected chi connectivity index (χ4v) is 4.01. The average Bonchev–Trinajstić information content (AvgIpc) is 2.53. The minimum absolute atomic E-state index is 0.0112. The first-order valence-corrected chi connectivity index (χ1v) is 9.21. The second-order valence-electron chi connectivity index (χ2n) is 7.63. The van der Waals surface area contributed by atoms with E-state index in [1.807, 2.05) is 52.0 Å². The number of hydrogen-bond donors (Lipinski definition) is 3. The number of nitrogens with zero attached hydrogens (tertiary/aromatic N) is 2. The molecule has 3 rings (SSSR count). The number of aliphatic hydroxyl groups excluding tert-OH is 1. The summed E-state index contributed by atoms with van der Waals surface area (Å²) in [5, 5.41) is 15.7. The summed E-state index contributed by atoms with van der Waals surface area (Å²) in [6.45, 7) is 7.97. The highest BCUT2D eigenvalue weighted by atomic mass is 16.3. The number of carbonyl (C=O) groups is 2. The molecule has 0 saturated carbocycles. The van der Waals surface area contributed by atoms with Gasteiger partial charge in [-0.2, -0.15) is 0 Å². The third-order valence-corrected chi connectivity index (χ3v) is 4.99. The highest BCUT2D eigenvalue weighted by molar-refractivity contribution is 5.94. The number of anilines is 1. The van der Waals surface area contributed by atoms with E-state index in [1.54, 1.807) is 9.80 Å². The summed E-state index contributed by atoms with van der Waals surface area (Å²) in [6.07, 6.45) is 0. The Balaban J connectivity index is 1.93. The van der Waals surface area contributed by atoms with Crippen molar-refractivity contribution in [3.63, 3.8) is 0 Å². The number of carbonyl (C=O) groups excluding carboxylic acids is 2. The van der Waals surface area contributed by atoms with Crippen molar-refractivity contribution in [3.8, 4) is 0 Å². The van der Waals surface area contributed by atoms with Gasteiger partial charge in [-0.25, -0.2) is 9.59 Å². The van der Waals surface area contributed by atoms with Gasteiger partial charge in [0.05, 0.1) is 18.7 Å². The lowest BCUT2D eigenvalue weighted by atomic mass is 9.72. The third kappa shape index (κ3) is 3.11. The van der Waals surface area contributed by atoms with Crippen LogP contribution in [0.25, 0.3) is 0 Å². The normalized spacial score (nSPS) is 24.0. The van der Waals surface area contributed by atoms with Gasteiger partial charge < -0.3 is 20.6 Å². The molecule has 142 valence electrons. The first kappa shape index (κ1) is 18.5. The Hall–Kier alpha value is -2.28. The molecule has 2 aliphatic heterocycles. The van der Waals surface area contributed by atoms with Gasteiger partial charge in [0.1, 0.15) is 0 Å². The monoisotopic (exact) mass is 360 g/mol. The number of aliphatic hydroxyl groups is 1. The molecule has 7 nitrogen and oxygen atoms in total. The van der Waals surface area contributed by atoms with Gasteiger partial charge in [0, 0.05) is 30.2 Å². The maximum Gasteiger partial charge on any atom is 0.322 e. The van der Waals surface area contributed by atoms with E-state index in [2.05, 4.69) is 10.6 Å². The van der Waals surface area contributed by atoms with Gasteiger partial charge in [-0.15, -0.1) is 0 Å². The van der Waals surface area contributed by atoms with Crippen molar-refractivity contribution < 1.29 is 14.7 Å². The van der Waals surface area contributed by atoms with E-state index in [0.29, 0.717) is 6.54 Å². The molecule has 1 fully saturated rings. The molecular formula is C19H28N4O3. The summed E-state index contributed by atoms with van der Waals surface area (Å²) >= 11 is 0. The molecule has 0 aromatic heterocycles. The number of hydrogen-bond acceptors (Lipinski definition) is 3. The van der Waals surface area contributed by atoms with E-state index in [9.17, 15) is 14.7 Å². The van der Waals surface area contributed by atoms with Crippen molar-refractivity contribution in [3.05, 3.63) is 29.8 Å². The van der Waals surface area contributed by atoms with Crippen LogP contribution in [0.1, 0.15) is 39.2 Å². The Labute approximate surface area is 154 Å². The molecular weight excluding hydrogens is 332 g/mol. The van der Waals surface area contributed by atoms with Crippen LogP contribution >= 0.6 is 0 Å². The lowest BCUT2D eigenvalue weighted by Crippen LogP contribution is -2.72. The summed E-state index contributed by atoms with van der Waals surface area (Å²) in [4.78, 5) is 28.7. The Morgan fingerprint density at radius 2 is 1.73 bits per heavy atom. The Morgan fingerprint density at radius 1 is 1.12 bits per heavy atom. The molecule has 0 bridgehead atoms. The summed E-state index contributed by atoms with van der Waals surface area (Å²) in [7, 11) is 0. The molecule has 2 heterocycles. The second kappa shape index (κ2) is 7.15. The van der Waals surface area contributed by atoms with Crippen molar-refractivity contribution in [1.29, 1.82) is 0 Å². The van der Waals surface area contributed by atoms with Crippen LogP contribution in [0.5, 0.6) is 0 Å². The molecule has 7 heteroatoms. The smallest absolute Gasteiger partial charge is 0.322 e. The zero-order chi connectivity index (χ0) is 19.0. The lowest BCUT2D eigenvalue weighted by Gasteiger charge is -2.58. The molecule has 4 amide bonds. The van der Waals surface area contributed by atoms with E-state index in [1.165, 1.54) is 0 Å². The van der Waals surface area contributed by atoms with E-state index in [-0.39, 0.29) is 48.8 Å². The van der Waals surface area contributed by atoms with Crippen molar-refractivity contribution >= 4 is 17.7 Å². The largest absolute Gasteiger partial charge is 0.394 e. The molecule has 3 N–H and O–H groups in total. The molecule has 1 saturated heterocycles. The van der Waals surface area contributed by atoms with Crippen LogP contribution in [-0.2, 0) is 0 Å². The van der Waals surface area contributed by atoms with Crippen LogP contribution in [0.4, 0.5) is 15.3 Å². The minimum Gasteiger partial charge on any atom is -0.394 e. The summed E-state index contributed by atoms with van der Waals surface area (Å²) in [5.41, 5.74) is 1.87. The average molecular weight is 360 g/mol. The van der Waals surface area contributed by atoms with E-state index < -0.39 is 0 Å². The SMILES string of the molecule is CC(C)NC(=O)N1C[C@H]2[C@@H](c3ccccc31)[C@@H](CO)N2C(=O)NC(C)C. The van der Waals surface area contributed by atoms with Crippen molar-refractivity contribution in [2.24, 2.45) is 0 Å². The highest BCUT2D eigenvalue weighted by Gasteiger charge is 2.55. The predicted molar refractivity (Wildman–Crippen MR) is 100 cm³/mol. The molecule has 1 aromatic rings. The quantitative estimate of drug-likeness (QED) is 0.769. The number of urea groups is 2. The molecule has 26 heavy (non-hydrogen) atoms. The Morgan fingerprint density at radius 3 is 2.35 bits per heavy atom. The number of amides is 4. The number of benzene rings is 1. The Bertz CT molecular complexity index is 691. The van der Waals surface area contributed by atoms with Gasteiger partial charge >= 0.3 is 12.1 Å². The zero-order valence-corrected chi connectivity index (χ0v) is 15.8. The summed E-state index contributed by atoms with van der Waals surface area (Å²) in [5.74, 6) is 0.0391. The van der Waals surface area contributed by atoms with Crippen LogP contribution < -0.4 is 15.5 Å². The first-order chi connectivity index (χ1) is 12.3. The van der Waals surface area contributed by atoms with Gasteiger partial charge in [-0.1, -0.05) is 18.2 Å². The highest BCUT2D eigenvalue weighted by Crippen LogP contribution is 2.48. The molecule has 2 aliphatic rings.